The van der Waals surface area contributed by atoms with Crippen LogP contribution in [0.4, 0.5) is 10.5 Å². The van der Waals surface area contributed by atoms with Gasteiger partial charge in [-0.15, -0.1) is 0 Å². The van der Waals surface area contributed by atoms with Crippen LogP contribution in [0.15, 0.2) is 66.7 Å². The summed E-state index contributed by atoms with van der Waals surface area (Å²) in [7, 11) is 0. The number of carbonyl (C=O) groups is 1. The van der Waals surface area contributed by atoms with Crippen LogP contribution in [0.5, 0.6) is 0 Å². The number of ether oxygens (including phenoxy) is 1. The zero-order chi connectivity index (χ0) is 20.9. The zero-order valence-corrected chi connectivity index (χ0v) is 17.0. The second-order valence-corrected chi connectivity index (χ2v) is 7.35. The fraction of sp³-hybridized carbons (Fsp3) is 0.200. The van der Waals surface area contributed by atoms with Crippen molar-refractivity contribution in [3.63, 3.8) is 0 Å². The van der Waals surface area contributed by atoms with Crippen molar-refractivity contribution in [2.45, 2.75) is 19.3 Å². The summed E-state index contributed by atoms with van der Waals surface area (Å²) < 4.78 is 5.53. The average Bonchev–Trinajstić information content (AvgIpc) is 3.08. The van der Waals surface area contributed by atoms with Gasteiger partial charge in [-0.1, -0.05) is 54.6 Å². The Kier molecular flexibility index (Phi) is 5.80. The summed E-state index contributed by atoms with van der Waals surface area (Å²) in [5, 5.41) is 2.81. The molecule has 0 atom stereocenters. The van der Waals surface area contributed by atoms with Crippen LogP contribution in [-0.2, 0) is 4.74 Å². The number of hydrogen-bond donors (Lipinski definition) is 2. The molecule has 0 spiro atoms. The van der Waals surface area contributed by atoms with Crippen LogP contribution in [-0.4, -0.2) is 24.2 Å². The highest BCUT2D eigenvalue weighted by Gasteiger charge is 2.28. The summed E-state index contributed by atoms with van der Waals surface area (Å²) in [6.07, 6.45) is 4.19. The van der Waals surface area contributed by atoms with Gasteiger partial charge in [0.2, 0.25) is 0 Å². The molecule has 0 unspecified atom stereocenters. The monoisotopic (exact) mass is 399 g/mol. The van der Waals surface area contributed by atoms with Crippen molar-refractivity contribution in [1.29, 1.82) is 0 Å². The van der Waals surface area contributed by atoms with E-state index in [-0.39, 0.29) is 5.92 Å². The Labute approximate surface area is 176 Å². The lowest BCUT2D eigenvalue weighted by Crippen LogP contribution is -2.26. The molecule has 1 amide bonds. The molecule has 0 saturated heterocycles. The molecule has 0 aliphatic heterocycles. The number of nitrogens with one attached hydrogen (secondary N) is 1. The second kappa shape index (κ2) is 8.82. The molecule has 5 nitrogen and oxygen atoms in total. The molecule has 3 N–H and O–H groups in total. The molecule has 152 valence electrons. The number of aryl methyl sites for hydroxylation is 1. The highest BCUT2D eigenvalue weighted by Crippen LogP contribution is 2.44. The fourth-order valence-electron chi connectivity index (χ4n) is 3.80. The summed E-state index contributed by atoms with van der Waals surface area (Å²) in [6, 6.07) is 20.3. The predicted molar refractivity (Wildman–Crippen MR) is 120 cm³/mol. The van der Waals surface area contributed by atoms with Gasteiger partial charge in [0.25, 0.3) is 0 Å². The minimum Gasteiger partial charge on any atom is -0.449 e. The largest absolute Gasteiger partial charge is 0.449 e. The van der Waals surface area contributed by atoms with Crippen molar-refractivity contribution in [2.24, 2.45) is 0 Å². The molecular formula is C25H25N3O2. The van der Waals surface area contributed by atoms with E-state index in [9.17, 15) is 4.79 Å². The minimum absolute atomic E-state index is 0.0721. The first-order valence-corrected chi connectivity index (χ1v) is 10.1. The molecule has 5 heteroatoms. The number of nitrogens with zero attached hydrogens (tertiary/aromatic N) is 1. The third kappa shape index (κ3) is 4.20. The topological polar surface area (TPSA) is 77.2 Å². The zero-order valence-electron chi connectivity index (χ0n) is 17.0. The first-order chi connectivity index (χ1) is 14.6. The van der Waals surface area contributed by atoms with E-state index in [2.05, 4.69) is 34.6 Å². The molecule has 1 aliphatic carbocycles. The van der Waals surface area contributed by atoms with Crippen LogP contribution in [0.25, 0.3) is 17.2 Å². The Morgan fingerprint density at radius 3 is 2.40 bits per heavy atom. The van der Waals surface area contributed by atoms with Crippen LogP contribution < -0.4 is 11.1 Å². The highest BCUT2D eigenvalue weighted by atomic mass is 16.5. The number of alkyl carbamates (subject to hydrolysis) is 1. The maximum Gasteiger partial charge on any atom is 0.407 e. The van der Waals surface area contributed by atoms with Crippen LogP contribution in [0, 0.1) is 6.92 Å². The van der Waals surface area contributed by atoms with Crippen molar-refractivity contribution in [2.75, 3.05) is 18.9 Å². The van der Waals surface area contributed by atoms with E-state index in [0.29, 0.717) is 25.3 Å². The lowest BCUT2D eigenvalue weighted by Gasteiger charge is -2.14. The van der Waals surface area contributed by atoms with Crippen molar-refractivity contribution in [3.05, 3.63) is 89.3 Å². The predicted octanol–water partition coefficient (Wildman–Crippen LogP) is 4.91. The van der Waals surface area contributed by atoms with Gasteiger partial charge in [-0.05, 0) is 53.8 Å². The molecule has 0 saturated carbocycles. The Bertz CT molecular complexity index is 1050. The molecule has 0 radical (unpaired) electrons. The third-order valence-corrected chi connectivity index (χ3v) is 5.36. The van der Waals surface area contributed by atoms with E-state index >= 15 is 0 Å². The van der Waals surface area contributed by atoms with E-state index in [1.165, 1.54) is 22.3 Å². The van der Waals surface area contributed by atoms with E-state index in [4.69, 9.17) is 10.5 Å². The van der Waals surface area contributed by atoms with Crippen LogP contribution >= 0.6 is 0 Å². The summed E-state index contributed by atoms with van der Waals surface area (Å²) >= 11 is 0. The van der Waals surface area contributed by atoms with Crippen molar-refractivity contribution >= 4 is 17.9 Å². The molecule has 0 fully saturated rings. The van der Waals surface area contributed by atoms with Crippen LogP contribution in [0.3, 0.4) is 0 Å². The van der Waals surface area contributed by atoms with Gasteiger partial charge in [-0.2, -0.15) is 0 Å². The van der Waals surface area contributed by atoms with Crippen LogP contribution in [0.2, 0.25) is 0 Å². The van der Waals surface area contributed by atoms with Gasteiger partial charge in [0.05, 0.1) is 17.1 Å². The van der Waals surface area contributed by atoms with Crippen LogP contribution in [0.1, 0.15) is 34.9 Å². The summed E-state index contributed by atoms with van der Waals surface area (Å²) in [6.45, 7) is 2.71. The second-order valence-electron chi connectivity index (χ2n) is 7.35. The molecule has 0 bridgehead atoms. The van der Waals surface area contributed by atoms with Gasteiger partial charge < -0.3 is 15.8 Å². The van der Waals surface area contributed by atoms with E-state index in [1.807, 2.05) is 55.5 Å². The van der Waals surface area contributed by atoms with E-state index in [0.717, 1.165) is 11.4 Å². The minimum atomic E-state index is -0.397. The number of aromatic nitrogens is 1. The SMILES string of the molecule is Cc1nc(C=CCCNC(=O)OCC2c3ccccc3-c3ccccc32)ccc1N. The van der Waals surface area contributed by atoms with Crippen molar-refractivity contribution in [3.8, 4) is 11.1 Å². The standard InChI is InChI=1S/C25H25N3O2/c1-17-24(26)14-13-18(28-17)8-6-7-15-27-25(29)30-16-23-21-11-4-2-9-19(21)20-10-3-5-12-22(20)23/h2-6,8-14,23H,7,15-16,26H2,1H3,(H,27,29). The Balaban J connectivity index is 1.27. The number of carbonyl (C=O) groups excluding carboxylic acids is 1. The number of anilines is 1. The van der Waals surface area contributed by atoms with Gasteiger partial charge in [-0.3, -0.25) is 4.98 Å². The number of nitrogens with two attached hydrogens (primary N) is 1. The van der Waals surface area contributed by atoms with Gasteiger partial charge >= 0.3 is 6.09 Å². The fourth-order valence-corrected chi connectivity index (χ4v) is 3.80. The normalized spacial score (nSPS) is 12.6. The van der Waals surface area contributed by atoms with Crippen molar-refractivity contribution < 1.29 is 9.53 Å². The molecular weight excluding hydrogens is 374 g/mol. The van der Waals surface area contributed by atoms with Gasteiger partial charge in [0.1, 0.15) is 6.61 Å². The number of amides is 1. The number of fused-ring (bicyclic) bond motifs is 3. The average molecular weight is 399 g/mol. The van der Waals surface area contributed by atoms with Gasteiger partial charge in [0, 0.05) is 12.5 Å². The summed E-state index contributed by atoms with van der Waals surface area (Å²) in [5.74, 6) is 0.0721. The lowest BCUT2D eigenvalue weighted by atomic mass is 9.98. The first-order valence-electron chi connectivity index (χ1n) is 10.1. The van der Waals surface area contributed by atoms with E-state index in [1.54, 1.807) is 0 Å². The molecule has 3 aromatic rings. The van der Waals surface area contributed by atoms with Gasteiger partial charge in [-0.25, -0.2) is 4.79 Å². The van der Waals surface area contributed by atoms with E-state index < -0.39 is 6.09 Å². The third-order valence-electron chi connectivity index (χ3n) is 5.36. The smallest absolute Gasteiger partial charge is 0.407 e. The number of rotatable bonds is 6. The number of benzene rings is 2. The Morgan fingerprint density at radius 2 is 1.73 bits per heavy atom. The quantitative estimate of drug-likeness (QED) is 0.577. The molecule has 1 aromatic heterocycles. The first kappa shape index (κ1) is 19.7. The maximum absolute atomic E-state index is 12.2. The molecule has 30 heavy (non-hydrogen) atoms. The molecule has 4 rings (SSSR count). The number of pyridine rings is 1. The summed E-state index contributed by atoms with van der Waals surface area (Å²) in [5.41, 5.74) is 13.0. The molecule has 1 heterocycles. The Morgan fingerprint density at radius 1 is 1.07 bits per heavy atom. The Hall–Kier alpha value is -3.60. The van der Waals surface area contributed by atoms with Crippen molar-refractivity contribution in [1.82, 2.24) is 10.3 Å². The number of hydrogen-bond acceptors (Lipinski definition) is 4. The number of nitrogen functional groups attached to an aromatic ring is 1. The summed E-state index contributed by atoms with van der Waals surface area (Å²) in [4.78, 5) is 16.5. The lowest BCUT2D eigenvalue weighted by molar-refractivity contribution is 0.143. The van der Waals surface area contributed by atoms with Gasteiger partial charge in [0.15, 0.2) is 0 Å². The molecule has 1 aliphatic rings. The molecule has 2 aromatic carbocycles. The highest BCUT2D eigenvalue weighted by molar-refractivity contribution is 5.79. The maximum atomic E-state index is 12.2.